The minimum atomic E-state index is -0.446. The highest BCUT2D eigenvalue weighted by atomic mass is 16.6. The average molecular weight is 505 g/mol. The highest BCUT2D eigenvalue weighted by Gasteiger charge is 2.69. The molecule has 0 aliphatic heterocycles. The summed E-state index contributed by atoms with van der Waals surface area (Å²) in [5.74, 6) is 3.71. The third-order valence-electron chi connectivity index (χ3n) is 13.8. The van der Waals surface area contributed by atoms with Gasteiger partial charge in [0.15, 0.2) is 0 Å². The van der Waals surface area contributed by atoms with E-state index in [2.05, 4.69) is 55.4 Å². The van der Waals surface area contributed by atoms with Crippen molar-refractivity contribution in [1.82, 2.24) is 0 Å². The molecule has 2 nitrogen and oxygen atoms in total. The van der Waals surface area contributed by atoms with Gasteiger partial charge in [0.2, 0.25) is 0 Å². The molecule has 37 heavy (non-hydrogen) atoms. The van der Waals surface area contributed by atoms with Crippen LogP contribution in [-0.4, -0.2) is 11.6 Å². The summed E-state index contributed by atoms with van der Waals surface area (Å²) >= 11 is 0. The lowest BCUT2D eigenvalue weighted by molar-refractivity contribution is -0.260. The summed E-state index contributed by atoms with van der Waals surface area (Å²) in [6.07, 6.45) is 13.8. The number of carbonyl (C=O) groups excluding carboxylic acids is 1. The van der Waals surface area contributed by atoms with Gasteiger partial charge in [-0.25, -0.2) is 4.79 Å². The molecule has 5 rings (SSSR count). The summed E-state index contributed by atoms with van der Waals surface area (Å²) in [7, 11) is 0. The molecular weight excluding hydrogens is 452 g/mol. The van der Waals surface area contributed by atoms with E-state index in [1.54, 1.807) is 6.08 Å². The molecule has 0 aromatic heterocycles. The Morgan fingerprint density at radius 1 is 0.811 bits per heavy atom. The first kappa shape index (κ1) is 27.0. The van der Waals surface area contributed by atoms with E-state index in [0.717, 1.165) is 35.7 Å². The van der Waals surface area contributed by atoms with Crippen LogP contribution in [0.25, 0.3) is 6.08 Å². The van der Waals surface area contributed by atoms with Crippen molar-refractivity contribution in [2.75, 3.05) is 0 Å². The highest BCUT2D eigenvalue weighted by Crippen LogP contribution is 2.75. The predicted octanol–water partition coefficient (Wildman–Crippen LogP) is 9.34. The van der Waals surface area contributed by atoms with Gasteiger partial charge in [0.1, 0.15) is 5.60 Å². The second kappa shape index (κ2) is 8.99. The van der Waals surface area contributed by atoms with Crippen molar-refractivity contribution in [3.8, 4) is 0 Å². The van der Waals surface area contributed by atoms with Crippen LogP contribution in [-0.2, 0) is 9.53 Å². The second-order valence-corrected chi connectivity index (χ2v) is 15.2. The van der Waals surface area contributed by atoms with E-state index < -0.39 is 5.60 Å². The smallest absolute Gasteiger partial charge is 0.331 e. The van der Waals surface area contributed by atoms with Crippen molar-refractivity contribution in [2.45, 2.75) is 112 Å². The van der Waals surface area contributed by atoms with Crippen molar-refractivity contribution in [2.24, 2.45) is 51.2 Å². The molecule has 0 saturated heterocycles. The van der Waals surface area contributed by atoms with Crippen LogP contribution < -0.4 is 0 Å². The van der Waals surface area contributed by atoms with Crippen LogP contribution in [0.15, 0.2) is 36.4 Å². The summed E-state index contributed by atoms with van der Waals surface area (Å²) in [6, 6.07) is 10.0. The van der Waals surface area contributed by atoms with Crippen LogP contribution >= 0.6 is 0 Å². The Hall–Kier alpha value is -1.57. The number of ether oxygens (including phenoxy) is 1. The third kappa shape index (κ3) is 3.89. The average Bonchev–Trinajstić information content (AvgIpc) is 2.85. The quantitative estimate of drug-likeness (QED) is 0.303. The number of esters is 1. The molecule has 0 N–H and O–H groups in total. The van der Waals surface area contributed by atoms with Gasteiger partial charge in [-0.3, -0.25) is 0 Å². The first-order valence-corrected chi connectivity index (χ1v) is 15.2. The summed E-state index contributed by atoms with van der Waals surface area (Å²) in [5.41, 5.74) is 1.69. The van der Waals surface area contributed by atoms with Crippen LogP contribution in [0.2, 0.25) is 0 Å². The second-order valence-electron chi connectivity index (χ2n) is 15.2. The molecule has 0 spiro atoms. The number of benzene rings is 1. The Labute approximate surface area is 227 Å². The Kier molecular flexibility index (Phi) is 6.56. The van der Waals surface area contributed by atoms with Crippen LogP contribution in [0, 0.1) is 51.2 Å². The zero-order valence-corrected chi connectivity index (χ0v) is 24.9. The SMILES string of the molecule is CC1CC[C@]2(C)[C@H](CC[C@@H]3[C@@]4(C)CC[C@](C)(OC(=O)/C=C/c5ccccc5)C(C)(C)[C@@H]4CC[C@]32C)C1C. The predicted molar refractivity (Wildman–Crippen MR) is 154 cm³/mol. The molecule has 2 unspecified atom stereocenters. The molecule has 4 fully saturated rings. The third-order valence-corrected chi connectivity index (χ3v) is 13.8. The van der Waals surface area contributed by atoms with Gasteiger partial charge in [0.05, 0.1) is 0 Å². The van der Waals surface area contributed by atoms with E-state index in [1.807, 2.05) is 36.4 Å². The van der Waals surface area contributed by atoms with Crippen LogP contribution in [0.4, 0.5) is 0 Å². The van der Waals surface area contributed by atoms with Gasteiger partial charge in [0.25, 0.3) is 0 Å². The number of carbonyl (C=O) groups is 1. The molecular formula is C35H52O2. The number of fused-ring (bicyclic) bond motifs is 5. The number of hydrogen-bond acceptors (Lipinski definition) is 2. The molecule has 0 amide bonds. The van der Waals surface area contributed by atoms with Gasteiger partial charge in [-0.15, -0.1) is 0 Å². The maximum atomic E-state index is 13.0. The van der Waals surface area contributed by atoms with Crippen molar-refractivity contribution < 1.29 is 9.53 Å². The van der Waals surface area contributed by atoms with Gasteiger partial charge in [-0.2, -0.15) is 0 Å². The molecule has 204 valence electrons. The van der Waals surface area contributed by atoms with Crippen molar-refractivity contribution in [3.63, 3.8) is 0 Å². The first-order valence-electron chi connectivity index (χ1n) is 15.2. The molecule has 4 saturated carbocycles. The van der Waals surface area contributed by atoms with Crippen LogP contribution in [0.1, 0.15) is 112 Å². The summed E-state index contributed by atoms with van der Waals surface area (Å²) in [4.78, 5) is 13.0. The molecule has 4 aliphatic carbocycles. The van der Waals surface area contributed by atoms with E-state index in [4.69, 9.17) is 4.74 Å². The lowest BCUT2D eigenvalue weighted by Gasteiger charge is -2.73. The highest BCUT2D eigenvalue weighted by molar-refractivity contribution is 5.87. The minimum absolute atomic E-state index is 0.0658. The summed E-state index contributed by atoms with van der Waals surface area (Å²) in [5, 5.41) is 0. The standard InChI is InChI=1S/C35H52O2/c1-24-18-20-33(6)27(25(24)2)15-16-29-32(5)22-23-35(8,31(3,4)28(32)19-21-34(29,33)7)37-30(36)17-14-26-12-10-9-11-13-26/h9-14,17,24-25,27-29H,15-16,18-23H2,1-8H3/b17-14+/t24?,25?,27-,28+,29-,32+,33-,34-,35+/m1/s1. The zero-order valence-electron chi connectivity index (χ0n) is 24.9. The largest absolute Gasteiger partial charge is 0.456 e. The topological polar surface area (TPSA) is 26.3 Å². The Morgan fingerprint density at radius 2 is 1.49 bits per heavy atom. The maximum Gasteiger partial charge on any atom is 0.331 e. The lowest BCUT2D eigenvalue weighted by Crippen LogP contribution is -2.67. The van der Waals surface area contributed by atoms with E-state index in [9.17, 15) is 4.79 Å². The van der Waals surface area contributed by atoms with Crippen LogP contribution in [0.3, 0.4) is 0 Å². The fourth-order valence-corrected chi connectivity index (χ4v) is 10.7. The number of hydrogen-bond donors (Lipinski definition) is 0. The lowest BCUT2D eigenvalue weighted by atomic mass is 9.32. The molecule has 1 aromatic carbocycles. The van der Waals surface area contributed by atoms with Gasteiger partial charge in [0, 0.05) is 11.5 Å². The fourth-order valence-electron chi connectivity index (χ4n) is 10.7. The minimum Gasteiger partial charge on any atom is -0.456 e. The molecule has 0 bridgehead atoms. The normalized spacial score (nSPS) is 47.0. The first-order chi connectivity index (χ1) is 17.3. The van der Waals surface area contributed by atoms with Gasteiger partial charge in [-0.1, -0.05) is 78.8 Å². The van der Waals surface area contributed by atoms with Crippen LogP contribution in [0.5, 0.6) is 0 Å². The van der Waals surface area contributed by atoms with E-state index >= 15 is 0 Å². The van der Waals surface area contributed by atoms with Gasteiger partial charge >= 0.3 is 5.97 Å². The van der Waals surface area contributed by atoms with Crippen molar-refractivity contribution in [3.05, 3.63) is 42.0 Å². The molecule has 1 aromatic rings. The van der Waals surface area contributed by atoms with Gasteiger partial charge in [-0.05, 0) is 116 Å². The summed E-state index contributed by atoms with van der Waals surface area (Å²) in [6.45, 7) is 20.1. The van der Waals surface area contributed by atoms with Crippen molar-refractivity contribution >= 4 is 12.0 Å². The molecule has 2 heteroatoms. The van der Waals surface area contributed by atoms with Crippen molar-refractivity contribution in [1.29, 1.82) is 0 Å². The van der Waals surface area contributed by atoms with E-state index in [1.165, 1.54) is 44.9 Å². The van der Waals surface area contributed by atoms with Gasteiger partial charge < -0.3 is 4.74 Å². The van der Waals surface area contributed by atoms with E-state index in [-0.39, 0.29) is 11.4 Å². The Bertz CT molecular complexity index is 1040. The Morgan fingerprint density at radius 3 is 2.19 bits per heavy atom. The monoisotopic (exact) mass is 504 g/mol. The molecule has 9 atom stereocenters. The molecule has 0 radical (unpaired) electrons. The fraction of sp³-hybridized carbons (Fsp3) is 0.743. The summed E-state index contributed by atoms with van der Waals surface area (Å²) < 4.78 is 6.38. The molecule has 0 heterocycles. The Balaban J connectivity index is 1.39. The van der Waals surface area contributed by atoms with E-state index in [0.29, 0.717) is 22.2 Å². The maximum absolute atomic E-state index is 13.0. The number of rotatable bonds is 3. The molecule has 4 aliphatic rings. The zero-order chi connectivity index (χ0) is 26.9.